The van der Waals surface area contributed by atoms with Gasteiger partial charge < -0.3 is 10.1 Å². The van der Waals surface area contributed by atoms with E-state index in [2.05, 4.69) is 15.2 Å². The van der Waals surface area contributed by atoms with Crippen molar-refractivity contribution in [2.24, 2.45) is 0 Å². The van der Waals surface area contributed by atoms with E-state index in [9.17, 15) is 9.59 Å². The number of carbonyl (C=O) groups excluding carboxylic acids is 2. The summed E-state index contributed by atoms with van der Waals surface area (Å²) in [4.78, 5) is 22.0. The van der Waals surface area contributed by atoms with Crippen molar-refractivity contribution in [1.29, 1.82) is 0 Å². The third-order valence-corrected chi connectivity index (χ3v) is 1.89. The fourth-order valence-corrected chi connectivity index (χ4v) is 1.29. The van der Waals surface area contributed by atoms with Crippen molar-refractivity contribution in [3.05, 3.63) is 17.8 Å². The molecule has 2 rings (SSSR count). The van der Waals surface area contributed by atoms with Gasteiger partial charge in [0.25, 0.3) is 0 Å². The zero-order valence-electron chi connectivity index (χ0n) is 8.06. The number of nitrogens with zero attached hydrogens (tertiary/aromatic N) is 2. The van der Waals surface area contributed by atoms with Crippen LogP contribution >= 0.6 is 0 Å². The number of hydrogen-bond donors (Lipinski definition) is 1. The minimum absolute atomic E-state index is 0.259. The maximum absolute atomic E-state index is 11.4. The molecule has 0 aromatic carbocycles. The van der Waals surface area contributed by atoms with E-state index >= 15 is 0 Å². The van der Waals surface area contributed by atoms with Crippen LogP contribution in [0.15, 0.2) is 12.3 Å². The first kappa shape index (κ1) is 9.45. The summed E-state index contributed by atoms with van der Waals surface area (Å²) in [5, 5.41) is 6.91. The molecule has 0 unspecified atom stereocenters. The molecule has 0 saturated heterocycles. The number of aromatic nitrogens is 2. The average molecular weight is 207 g/mol. The Hall–Kier alpha value is -2.11. The van der Waals surface area contributed by atoms with Crippen molar-refractivity contribution in [2.75, 3.05) is 11.9 Å². The second kappa shape index (κ2) is 3.56. The van der Waals surface area contributed by atoms with Crippen LogP contribution in [-0.4, -0.2) is 28.3 Å². The van der Waals surface area contributed by atoms with Gasteiger partial charge in [-0.15, -0.1) is 0 Å². The van der Waals surface area contributed by atoms with Gasteiger partial charge in [0.15, 0.2) is 0 Å². The molecule has 1 aliphatic heterocycles. The largest absolute Gasteiger partial charge is 0.389 e. The van der Waals surface area contributed by atoms with E-state index in [-0.39, 0.29) is 5.56 Å². The Morgan fingerprint density at radius 2 is 2.40 bits per heavy atom. The van der Waals surface area contributed by atoms with Crippen LogP contribution in [0.5, 0.6) is 0 Å². The van der Waals surface area contributed by atoms with Crippen molar-refractivity contribution in [3.8, 4) is 0 Å². The van der Waals surface area contributed by atoms with Gasteiger partial charge in [-0.2, -0.15) is 5.10 Å². The summed E-state index contributed by atoms with van der Waals surface area (Å²) in [7, 11) is 0. The summed E-state index contributed by atoms with van der Waals surface area (Å²) in [5.74, 6) is -0.776. The summed E-state index contributed by atoms with van der Waals surface area (Å²) < 4.78 is 5.98. The van der Waals surface area contributed by atoms with Gasteiger partial charge in [0.05, 0.1) is 6.20 Å². The number of ether oxygens (including phenoxy) is 1. The Bertz CT molecular complexity index is 447. The molecular formula is C9H9N3O3. The summed E-state index contributed by atoms with van der Waals surface area (Å²) in [6.07, 6.45) is 4.96. The van der Waals surface area contributed by atoms with Crippen LogP contribution in [0.25, 0.3) is 6.20 Å². The molecule has 78 valence electrons. The number of rotatable bonds is 1. The van der Waals surface area contributed by atoms with Gasteiger partial charge in [-0.1, -0.05) is 0 Å². The van der Waals surface area contributed by atoms with Crippen LogP contribution in [0.4, 0.5) is 5.82 Å². The highest BCUT2D eigenvalue weighted by Gasteiger charge is 2.20. The van der Waals surface area contributed by atoms with Crippen molar-refractivity contribution >= 4 is 24.0 Å². The monoisotopic (exact) mass is 207 g/mol. The highest BCUT2D eigenvalue weighted by molar-refractivity contribution is 6.00. The molecule has 1 aromatic rings. The summed E-state index contributed by atoms with van der Waals surface area (Å²) in [6, 6.07) is 0. The van der Waals surface area contributed by atoms with Gasteiger partial charge in [-0.05, 0) is 6.08 Å². The Kier molecular flexibility index (Phi) is 2.24. The summed E-state index contributed by atoms with van der Waals surface area (Å²) in [5.41, 5.74) is 0.259. The van der Waals surface area contributed by atoms with E-state index in [1.807, 2.05) is 6.08 Å². The van der Waals surface area contributed by atoms with Crippen LogP contribution in [0.1, 0.15) is 17.3 Å². The zero-order valence-corrected chi connectivity index (χ0v) is 8.06. The molecule has 1 aromatic heterocycles. The second-order valence-electron chi connectivity index (χ2n) is 3.00. The first-order valence-corrected chi connectivity index (χ1v) is 4.39. The van der Waals surface area contributed by atoms with Crippen molar-refractivity contribution in [1.82, 2.24) is 9.78 Å². The Balaban J connectivity index is 2.29. The number of hydrogen-bond acceptors (Lipinski definition) is 5. The van der Waals surface area contributed by atoms with Crippen LogP contribution < -0.4 is 5.32 Å². The highest BCUT2D eigenvalue weighted by atomic mass is 16.6. The predicted octanol–water partition coefficient (Wildman–Crippen LogP) is 0.483. The van der Waals surface area contributed by atoms with Gasteiger partial charge in [0, 0.05) is 19.7 Å². The molecular weight excluding hydrogens is 198 g/mol. The van der Waals surface area contributed by atoms with E-state index in [1.54, 1.807) is 6.20 Å². The van der Waals surface area contributed by atoms with Gasteiger partial charge in [-0.3, -0.25) is 4.79 Å². The normalized spacial score (nSPS) is 12.9. The fraction of sp³-hybridized carbons (Fsp3) is 0.222. The zero-order chi connectivity index (χ0) is 10.8. The molecule has 1 N–H and O–H groups in total. The van der Waals surface area contributed by atoms with Crippen LogP contribution in [0.2, 0.25) is 0 Å². The van der Waals surface area contributed by atoms with E-state index in [0.717, 1.165) is 0 Å². The lowest BCUT2D eigenvalue weighted by molar-refractivity contribution is -0.135. The summed E-state index contributed by atoms with van der Waals surface area (Å²) in [6.45, 7) is 1.80. The minimum Gasteiger partial charge on any atom is -0.389 e. The summed E-state index contributed by atoms with van der Waals surface area (Å²) >= 11 is 0. The average Bonchev–Trinajstić information content (AvgIpc) is 2.59. The molecule has 0 bridgehead atoms. The number of esters is 2. The molecule has 0 radical (unpaired) electrons. The molecule has 0 atom stereocenters. The van der Waals surface area contributed by atoms with Gasteiger partial charge in [-0.25, -0.2) is 9.48 Å². The molecule has 1 aliphatic rings. The first-order chi connectivity index (χ1) is 7.18. The quantitative estimate of drug-likeness (QED) is 0.535. The molecule has 0 amide bonds. The standard InChI is InChI=1S/C9H9N3O3/c1-6(13)15-9(14)7-5-11-12-4-2-3-10-8(7)12/h2,4-5,10H,3H2,1H3. The topological polar surface area (TPSA) is 73.2 Å². The van der Waals surface area contributed by atoms with Crippen molar-refractivity contribution in [3.63, 3.8) is 0 Å². The lowest BCUT2D eigenvalue weighted by Gasteiger charge is -2.10. The lowest BCUT2D eigenvalue weighted by atomic mass is 10.3. The molecule has 15 heavy (non-hydrogen) atoms. The number of nitrogens with one attached hydrogen (secondary N) is 1. The molecule has 6 heteroatoms. The molecule has 2 heterocycles. The maximum Gasteiger partial charge on any atom is 0.351 e. The highest BCUT2D eigenvalue weighted by Crippen LogP contribution is 2.18. The molecule has 0 saturated carbocycles. The Morgan fingerprint density at radius 3 is 3.13 bits per heavy atom. The molecule has 0 aliphatic carbocycles. The van der Waals surface area contributed by atoms with E-state index in [4.69, 9.17) is 0 Å². The minimum atomic E-state index is -0.688. The van der Waals surface area contributed by atoms with Crippen molar-refractivity contribution < 1.29 is 14.3 Å². The molecule has 0 fully saturated rings. The Morgan fingerprint density at radius 1 is 1.60 bits per heavy atom. The first-order valence-electron chi connectivity index (χ1n) is 4.39. The number of anilines is 1. The van der Waals surface area contributed by atoms with Crippen LogP contribution in [0, 0.1) is 0 Å². The second-order valence-corrected chi connectivity index (χ2v) is 3.00. The van der Waals surface area contributed by atoms with E-state index in [0.29, 0.717) is 12.4 Å². The van der Waals surface area contributed by atoms with Crippen LogP contribution in [0.3, 0.4) is 0 Å². The fourth-order valence-electron chi connectivity index (χ4n) is 1.29. The van der Waals surface area contributed by atoms with Crippen molar-refractivity contribution in [2.45, 2.75) is 6.92 Å². The predicted molar refractivity (Wildman–Crippen MR) is 52.1 cm³/mol. The molecule has 6 nitrogen and oxygen atoms in total. The Labute approximate surface area is 85.5 Å². The maximum atomic E-state index is 11.4. The number of carbonyl (C=O) groups is 2. The number of fused-ring (bicyclic) bond motifs is 1. The van der Waals surface area contributed by atoms with Gasteiger partial charge >= 0.3 is 11.9 Å². The molecule has 0 spiro atoms. The van der Waals surface area contributed by atoms with Gasteiger partial charge in [0.2, 0.25) is 0 Å². The third kappa shape index (κ3) is 1.74. The lowest BCUT2D eigenvalue weighted by Crippen LogP contribution is -2.14. The smallest absolute Gasteiger partial charge is 0.351 e. The van der Waals surface area contributed by atoms with E-state index in [1.165, 1.54) is 17.8 Å². The van der Waals surface area contributed by atoms with E-state index < -0.39 is 11.9 Å². The third-order valence-electron chi connectivity index (χ3n) is 1.89. The van der Waals surface area contributed by atoms with Gasteiger partial charge in [0.1, 0.15) is 11.4 Å². The van der Waals surface area contributed by atoms with Crippen LogP contribution in [-0.2, 0) is 9.53 Å². The SMILES string of the molecule is CC(=O)OC(=O)c1cnn2c1NCC=C2.